The minimum atomic E-state index is -0.973. The van der Waals surface area contributed by atoms with Gasteiger partial charge in [0.1, 0.15) is 6.54 Å². The number of carboxylic acid groups (broad SMARTS) is 1. The van der Waals surface area contributed by atoms with Crippen LogP contribution in [0.4, 0.5) is 4.79 Å². The van der Waals surface area contributed by atoms with Gasteiger partial charge in [-0.15, -0.1) is 0 Å². The second kappa shape index (κ2) is 5.72. The van der Waals surface area contributed by atoms with E-state index < -0.39 is 5.97 Å². The first-order chi connectivity index (χ1) is 7.50. The Morgan fingerprint density at radius 2 is 2.06 bits per heavy atom. The fourth-order valence-corrected chi connectivity index (χ4v) is 1.97. The molecule has 1 aliphatic heterocycles. The Kier molecular flexibility index (Phi) is 4.58. The number of amides is 2. The van der Waals surface area contributed by atoms with Crippen molar-refractivity contribution in [2.45, 2.75) is 26.2 Å². The number of carbonyl (C=O) groups excluding carboxylic acids is 1. The number of nitrogens with zero attached hydrogens (tertiary/aromatic N) is 2. The summed E-state index contributed by atoms with van der Waals surface area (Å²) in [6, 6.07) is -0.170. The zero-order valence-corrected chi connectivity index (χ0v) is 9.98. The molecule has 1 atom stereocenters. The summed E-state index contributed by atoms with van der Waals surface area (Å²) in [7, 11) is 1.53. The molecule has 16 heavy (non-hydrogen) atoms. The molecule has 0 aromatic heterocycles. The molecule has 0 aromatic carbocycles. The molecule has 0 spiro atoms. The van der Waals surface area contributed by atoms with Crippen LogP contribution in [0, 0.1) is 5.92 Å². The molecule has 92 valence electrons. The van der Waals surface area contributed by atoms with Gasteiger partial charge in [-0.2, -0.15) is 0 Å². The SMILES string of the molecule is CC1CCCN(C(=O)N(C)CC(=O)O)CC1. The first-order valence-corrected chi connectivity index (χ1v) is 5.72. The highest BCUT2D eigenvalue weighted by molar-refractivity contribution is 5.79. The van der Waals surface area contributed by atoms with E-state index in [9.17, 15) is 9.59 Å². The number of urea groups is 1. The maximum absolute atomic E-state index is 11.9. The maximum atomic E-state index is 11.9. The molecular weight excluding hydrogens is 208 g/mol. The van der Waals surface area contributed by atoms with Gasteiger partial charge >= 0.3 is 12.0 Å². The summed E-state index contributed by atoms with van der Waals surface area (Å²) < 4.78 is 0. The van der Waals surface area contributed by atoms with Crippen molar-refractivity contribution < 1.29 is 14.7 Å². The van der Waals surface area contributed by atoms with Gasteiger partial charge in [0, 0.05) is 20.1 Å². The second-order valence-electron chi connectivity index (χ2n) is 4.56. The number of likely N-dealkylation sites (tertiary alicyclic amines) is 1. The molecule has 0 bridgehead atoms. The van der Waals surface area contributed by atoms with Gasteiger partial charge in [-0.05, 0) is 25.2 Å². The van der Waals surface area contributed by atoms with Crippen LogP contribution in [-0.4, -0.2) is 53.6 Å². The zero-order chi connectivity index (χ0) is 12.1. The van der Waals surface area contributed by atoms with Gasteiger partial charge in [-0.25, -0.2) is 4.79 Å². The average Bonchev–Trinajstić information content (AvgIpc) is 2.41. The maximum Gasteiger partial charge on any atom is 0.323 e. The molecule has 5 nitrogen and oxygen atoms in total. The quantitative estimate of drug-likeness (QED) is 0.773. The lowest BCUT2D eigenvalue weighted by molar-refractivity contribution is -0.137. The van der Waals surface area contributed by atoms with Crippen LogP contribution in [-0.2, 0) is 4.79 Å². The molecule has 1 unspecified atom stereocenters. The predicted molar refractivity (Wildman–Crippen MR) is 60.2 cm³/mol. The number of rotatable bonds is 2. The molecule has 0 aromatic rings. The van der Waals surface area contributed by atoms with Gasteiger partial charge in [0.25, 0.3) is 0 Å². The highest BCUT2D eigenvalue weighted by atomic mass is 16.4. The summed E-state index contributed by atoms with van der Waals surface area (Å²) >= 11 is 0. The highest BCUT2D eigenvalue weighted by Gasteiger charge is 2.22. The van der Waals surface area contributed by atoms with Crippen molar-refractivity contribution in [2.75, 3.05) is 26.7 Å². The Hall–Kier alpha value is -1.26. The molecule has 0 radical (unpaired) electrons. The Balaban J connectivity index is 2.49. The molecule has 1 fully saturated rings. The number of carboxylic acids is 1. The molecule has 1 saturated heterocycles. The van der Waals surface area contributed by atoms with Crippen LogP contribution in [0.3, 0.4) is 0 Å². The average molecular weight is 228 g/mol. The fourth-order valence-electron chi connectivity index (χ4n) is 1.97. The topological polar surface area (TPSA) is 60.9 Å². The van der Waals surface area contributed by atoms with Crippen molar-refractivity contribution in [3.63, 3.8) is 0 Å². The Bertz CT molecular complexity index is 268. The minimum Gasteiger partial charge on any atom is -0.480 e. The lowest BCUT2D eigenvalue weighted by Gasteiger charge is -2.26. The van der Waals surface area contributed by atoms with E-state index in [0.29, 0.717) is 5.92 Å². The van der Waals surface area contributed by atoms with Gasteiger partial charge in [-0.3, -0.25) is 4.79 Å². The third kappa shape index (κ3) is 3.72. The third-order valence-corrected chi connectivity index (χ3v) is 2.99. The number of likely N-dealkylation sites (N-methyl/N-ethyl adjacent to an activating group) is 1. The molecule has 1 aliphatic rings. The largest absolute Gasteiger partial charge is 0.480 e. The van der Waals surface area contributed by atoms with Crippen LogP contribution >= 0.6 is 0 Å². The van der Waals surface area contributed by atoms with Crippen LogP contribution in [0.5, 0.6) is 0 Å². The summed E-state index contributed by atoms with van der Waals surface area (Å²) in [5, 5.41) is 8.62. The molecule has 5 heteroatoms. The van der Waals surface area contributed by atoms with E-state index in [2.05, 4.69) is 6.92 Å². The monoisotopic (exact) mass is 228 g/mol. The van der Waals surface area contributed by atoms with Crippen LogP contribution in [0.25, 0.3) is 0 Å². The first-order valence-electron chi connectivity index (χ1n) is 5.72. The van der Waals surface area contributed by atoms with E-state index >= 15 is 0 Å². The number of carbonyl (C=O) groups is 2. The van der Waals surface area contributed by atoms with E-state index in [1.54, 1.807) is 4.90 Å². The van der Waals surface area contributed by atoms with Crippen LogP contribution in [0.15, 0.2) is 0 Å². The standard InChI is InChI=1S/C11H20N2O3/c1-9-4-3-6-13(7-5-9)11(16)12(2)8-10(14)15/h9H,3-8H2,1-2H3,(H,14,15). The summed E-state index contributed by atoms with van der Waals surface area (Å²) in [4.78, 5) is 25.4. The Labute approximate surface area is 96.0 Å². The minimum absolute atomic E-state index is 0.170. The number of aliphatic carboxylic acids is 1. The molecule has 1 N–H and O–H groups in total. The van der Waals surface area contributed by atoms with Crippen LogP contribution in [0.2, 0.25) is 0 Å². The van der Waals surface area contributed by atoms with Crippen LogP contribution < -0.4 is 0 Å². The van der Waals surface area contributed by atoms with Crippen molar-refractivity contribution in [3.8, 4) is 0 Å². The van der Waals surface area contributed by atoms with Gasteiger partial charge in [0.15, 0.2) is 0 Å². The van der Waals surface area contributed by atoms with Crippen molar-refractivity contribution >= 4 is 12.0 Å². The van der Waals surface area contributed by atoms with Crippen molar-refractivity contribution in [3.05, 3.63) is 0 Å². The second-order valence-corrected chi connectivity index (χ2v) is 4.56. The van der Waals surface area contributed by atoms with Gasteiger partial charge in [0.2, 0.25) is 0 Å². The zero-order valence-electron chi connectivity index (χ0n) is 9.98. The van der Waals surface area contributed by atoms with E-state index in [1.165, 1.54) is 11.9 Å². The van der Waals surface area contributed by atoms with Crippen molar-refractivity contribution in [1.82, 2.24) is 9.80 Å². The number of hydrogen-bond donors (Lipinski definition) is 1. The van der Waals surface area contributed by atoms with Crippen LogP contribution in [0.1, 0.15) is 26.2 Å². The fraction of sp³-hybridized carbons (Fsp3) is 0.818. The summed E-state index contributed by atoms with van der Waals surface area (Å²) in [6.07, 6.45) is 3.16. The molecule has 0 saturated carbocycles. The Morgan fingerprint density at radius 3 is 2.69 bits per heavy atom. The van der Waals surface area contributed by atoms with Crippen molar-refractivity contribution in [2.24, 2.45) is 5.92 Å². The molecule has 0 aliphatic carbocycles. The molecule has 1 heterocycles. The third-order valence-electron chi connectivity index (χ3n) is 2.99. The van der Waals surface area contributed by atoms with E-state index in [0.717, 1.165) is 32.4 Å². The van der Waals surface area contributed by atoms with E-state index in [1.807, 2.05) is 0 Å². The normalized spacial score (nSPS) is 21.4. The van der Waals surface area contributed by atoms with E-state index in [-0.39, 0.29) is 12.6 Å². The highest BCUT2D eigenvalue weighted by Crippen LogP contribution is 2.17. The molecular formula is C11H20N2O3. The number of hydrogen-bond acceptors (Lipinski definition) is 2. The molecule has 2 amide bonds. The summed E-state index contributed by atoms with van der Waals surface area (Å²) in [5.41, 5.74) is 0. The lowest BCUT2D eigenvalue weighted by Crippen LogP contribution is -2.43. The van der Waals surface area contributed by atoms with Gasteiger partial charge < -0.3 is 14.9 Å². The van der Waals surface area contributed by atoms with E-state index in [4.69, 9.17) is 5.11 Å². The Morgan fingerprint density at radius 1 is 1.38 bits per heavy atom. The van der Waals surface area contributed by atoms with Gasteiger partial charge in [0.05, 0.1) is 0 Å². The predicted octanol–water partition coefficient (Wildman–Crippen LogP) is 1.24. The van der Waals surface area contributed by atoms with Crippen molar-refractivity contribution in [1.29, 1.82) is 0 Å². The first kappa shape index (κ1) is 12.8. The summed E-state index contributed by atoms with van der Waals surface area (Å²) in [6.45, 7) is 3.44. The van der Waals surface area contributed by atoms with Gasteiger partial charge in [-0.1, -0.05) is 6.92 Å². The summed E-state index contributed by atoms with van der Waals surface area (Å²) in [5.74, 6) is -0.318. The smallest absolute Gasteiger partial charge is 0.323 e. The lowest BCUT2D eigenvalue weighted by atomic mass is 10.0. The molecule has 1 rings (SSSR count).